The fourth-order valence-electron chi connectivity index (χ4n) is 9.91. The standard InChI is InChI=1S/C35H76N2.C20H44N.3CH3/c1-10-16-26-36(27-17-11-2,28-18-12-3)32-22-24-34(35(7,8)9)25-23-33-37(29-19-13-4,30-20-14-5)31-21-15-6;1-7-10-16-21(17-11-8-2,18-12-9-3)19-14-13-15-20(4,5)6;;;/h34H,10-33H2,1-9H3;7-19H2,1-6H3;3*1H3/q+2;+1;3*-1. The molecule has 0 atom stereocenters. The smallest absolute Gasteiger partial charge is 0.0786 e. The summed E-state index contributed by atoms with van der Waals surface area (Å²) in [6.07, 6.45) is 34.7. The molecule has 0 fully saturated rings. The van der Waals surface area contributed by atoms with Crippen LogP contribution in [-0.2, 0) is 0 Å². The third kappa shape index (κ3) is 36.8. The first-order chi connectivity index (χ1) is 27.6. The van der Waals surface area contributed by atoms with E-state index in [1.165, 1.54) is 253 Å². The molecule has 0 aliphatic carbocycles. The van der Waals surface area contributed by atoms with Crippen LogP contribution in [0.5, 0.6) is 0 Å². The van der Waals surface area contributed by atoms with E-state index < -0.39 is 0 Å². The van der Waals surface area contributed by atoms with Gasteiger partial charge in [-0.3, -0.25) is 0 Å². The van der Waals surface area contributed by atoms with E-state index in [4.69, 9.17) is 0 Å². The van der Waals surface area contributed by atoms with Crippen molar-refractivity contribution >= 4 is 0 Å². The zero-order chi connectivity index (χ0) is 44.2. The highest BCUT2D eigenvalue weighted by molar-refractivity contribution is 4.75. The summed E-state index contributed by atoms with van der Waals surface area (Å²) < 4.78 is 4.24. The highest BCUT2D eigenvalue weighted by Gasteiger charge is 2.31. The fourth-order valence-corrected chi connectivity index (χ4v) is 9.91. The predicted molar refractivity (Wildman–Crippen MR) is 287 cm³/mol. The molecule has 0 heterocycles. The second-order valence-electron chi connectivity index (χ2n) is 22.3. The molecular weight excluding hydrogens is 739 g/mol. The van der Waals surface area contributed by atoms with Crippen LogP contribution in [0.3, 0.4) is 0 Å². The number of hydrogen-bond acceptors (Lipinski definition) is 0. The van der Waals surface area contributed by atoms with Gasteiger partial charge in [0.1, 0.15) is 0 Å². The molecule has 0 radical (unpaired) electrons. The zero-order valence-corrected chi connectivity index (χ0v) is 47.1. The molecule has 0 aromatic heterocycles. The van der Waals surface area contributed by atoms with E-state index in [9.17, 15) is 0 Å². The highest BCUT2D eigenvalue weighted by atomic mass is 15.4. The first kappa shape index (κ1) is 69.9. The molecule has 0 aliphatic rings. The molecule has 3 heteroatoms. The Morgan fingerprint density at radius 1 is 0.279 bits per heavy atom. The van der Waals surface area contributed by atoms with Gasteiger partial charge in [0.05, 0.1) is 78.5 Å². The van der Waals surface area contributed by atoms with Crippen molar-refractivity contribution in [1.29, 1.82) is 0 Å². The fraction of sp³-hybridized carbons (Fsp3) is 0.948. The van der Waals surface area contributed by atoms with E-state index >= 15 is 0 Å². The number of nitrogens with zero attached hydrogens (tertiary/aromatic N) is 3. The maximum absolute atomic E-state index is 2.53. The van der Waals surface area contributed by atoms with Crippen molar-refractivity contribution in [2.24, 2.45) is 16.7 Å². The van der Waals surface area contributed by atoms with E-state index in [1.54, 1.807) is 0 Å². The van der Waals surface area contributed by atoms with Gasteiger partial charge < -0.3 is 35.7 Å². The van der Waals surface area contributed by atoms with Gasteiger partial charge in [0, 0.05) is 0 Å². The summed E-state index contributed by atoms with van der Waals surface area (Å²) in [5.74, 6) is 0.864. The summed E-state index contributed by atoms with van der Waals surface area (Å²) in [6.45, 7) is 53.1. The maximum atomic E-state index is 2.53. The minimum absolute atomic E-state index is 0. The van der Waals surface area contributed by atoms with Crippen molar-refractivity contribution < 1.29 is 13.4 Å². The monoisotopic (exact) mass is 868 g/mol. The third-order valence-electron chi connectivity index (χ3n) is 14.3. The van der Waals surface area contributed by atoms with Crippen LogP contribution in [0.25, 0.3) is 0 Å². The van der Waals surface area contributed by atoms with Gasteiger partial charge in [0.15, 0.2) is 0 Å². The van der Waals surface area contributed by atoms with Crippen LogP contribution in [0, 0.1) is 39.0 Å². The molecule has 376 valence electrons. The van der Waals surface area contributed by atoms with Crippen molar-refractivity contribution in [2.45, 2.75) is 264 Å². The van der Waals surface area contributed by atoms with Gasteiger partial charge in [0.25, 0.3) is 0 Å². The lowest BCUT2D eigenvalue weighted by molar-refractivity contribution is -0.929. The van der Waals surface area contributed by atoms with E-state index in [2.05, 4.69) is 104 Å². The van der Waals surface area contributed by atoms with Gasteiger partial charge in [0.2, 0.25) is 0 Å². The Morgan fingerprint density at radius 2 is 0.475 bits per heavy atom. The largest absolute Gasteiger partial charge is 0.358 e. The first-order valence-corrected chi connectivity index (χ1v) is 27.1. The number of quaternary nitrogens is 3. The van der Waals surface area contributed by atoms with Crippen LogP contribution in [0.2, 0.25) is 0 Å². The molecule has 3 nitrogen and oxygen atoms in total. The van der Waals surface area contributed by atoms with Gasteiger partial charge in [-0.25, -0.2) is 0 Å². The lowest BCUT2D eigenvalue weighted by atomic mass is 9.75. The minimum Gasteiger partial charge on any atom is -0.358 e. The van der Waals surface area contributed by atoms with Crippen molar-refractivity contribution in [3.8, 4) is 0 Å². The van der Waals surface area contributed by atoms with E-state index in [0.29, 0.717) is 10.8 Å². The number of hydrogen-bond donors (Lipinski definition) is 0. The van der Waals surface area contributed by atoms with Crippen molar-refractivity contribution in [3.05, 3.63) is 22.3 Å². The Morgan fingerprint density at radius 3 is 0.656 bits per heavy atom. The zero-order valence-electron chi connectivity index (χ0n) is 47.1. The summed E-state index contributed by atoms with van der Waals surface area (Å²) in [5.41, 5.74) is 0.934. The molecule has 0 saturated heterocycles. The Kier molecular flexibility index (Phi) is 48.7. The SMILES string of the molecule is CCCC[N+](CCCC)(CCCC)CCCC(CCC[N+](CCCC)(CCCC)CCCC)C(C)(C)C.CCCC[N+](CCCC)(CCCC)CCCCC(C)(C)C.[CH3-].[CH3-].[CH3-]. The van der Waals surface area contributed by atoms with Crippen LogP contribution in [0.1, 0.15) is 264 Å². The lowest BCUT2D eigenvalue weighted by Crippen LogP contribution is -2.51. The normalized spacial score (nSPS) is 12.4. The maximum Gasteiger partial charge on any atom is 0.0786 e. The Bertz CT molecular complexity index is 747. The van der Waals surface area contributed by atoms with Crippen LogP contribution in [0.4, 0.5) is 0 Å². The molecule has 0 aromatic carbocycles. The molecule has 0 saturated carbocycles. The van der Waals surface area contributed by atoms with Crippen LogP contribution >= 0.6 is 0 Å². The summed E-state index contributed by atoms with van der Waals surface area (Å²) in [5, 5.41) is 0. The van der Waals surface area contributed by atoms with Gasteiger partial charge in [-0.05, 0) is 119 Å². The Labute approximate surface area is 393 Å². The number of rotatable bonds is 39. The second-order valence-corrected chi connectivity index (χ2v) is 22.3. The summed E-state index contributed by atoms with van der Waals surface area (Å²) >= 11 is 0. The lowest BCUT2D eigenvalue weighted by Gasteiger charge is -2.41. The predicted octanol–water partition coefficient (Wildman–Crippen LogP) is 18.4. The third-order valence-corrected chi connectivity index (χ3v) is 14.3. The van der Waals surface area contributed by atoms with Gasteiger partial charge in [-0.2, -0.15) is 0 Å². The van der Waals surface area contributed by atoms with Gasteiger partial charge >= 0.3 is 0 Å². The average molecular weight is 869 g/mol. The molecule has 0 aromatic rings. The van der Waals surface area contributed by atoms with E-state index in [0.717, 1.165) is 5.92 Å². The van der Waals surface area contributed by atoms with Crippen LogP contribution in [-0.4, -0.2) is 92.0 Å². The molecule has 0 unspecified atom stereocenters. The van der Waals surface area contributed by atoms with Crippen molar-refractivity contribution in [1.82, 2.24) is 0 Å². The first-order valence-electron chi connectivity index (χ1n) is 27.1. The molecule has 0 bridgehead atoms. The number of unbranched alkanes of at least 4 members (excludes halogenated alkanes) is 10. The molecule has 0 N–H and O–H groups in total. The molecule has 0 amide bonds. The Balaban J connectivity index is -0.000000373. The summed E-state index contributed by atoms with van der Waals surface area (Å²) in [6, 6.07) is 0. The highest BCUT2D eigenvalue weighted by Crippen LogP contribution is 2.35. The average Bonchev–Trinajstić information content (AvgIpc) is 3.19. The van der Waals surface area contributed by atoms with Crippen LogP contribution < -0.4 is 0 Å². The van der Waals surface area contributed by atoms with Crippen molar-refractivity contribution in [3.63, 3.8) is 0 Å². The molecule has 0 rings (SSSR count). The van der Waals surface area contributed by atoms with Gasteiger partial charge in [-0.1, -0.05) is 162 Å². The Hall–Kier alpha value is -0.120. The molecule has 0 spiro atoms. The molecular formula is C58H129N3. The van der Waals surface area contributed by atoms with E-state index in [-0.39, 0.29) is 22.3 Å². The van der Waals surface area contributed by atoms with Crippen LogP contribution in [0.15, 0.2) is 0 Å². The molecule has 61 heavy (non-hydrogen) atoms. The van der Waals surface area contributed by atoms with Gasteiger partial charge in [-0.15, -0.1) is 0 Å². The summed E-state index contributed by atoms with van der Waals surface area (Å²) in [7, 11) is 0. The quantitative estimate of drug-likeness (QED) is 0.0328. The van der Waals surface area contributed by atoms with Crippen molar-refractivity contribution in [2.75, 3.05) is 78.5 Å². The van der Waals surface area contributed by atoms with E-state index in [1.807, 2.05) is 0 Å². The molecule has 0 aliphatic heterocycles. The second kappa shape index (κ2) is 42.5. The topological polar surface area (TPSA) is 0 Å². The minimum atomic E-state index is 0. The summed E-state index contributed by atoms with van der Waals surface area (Å²) in [4.78, 5) is 0.